The first-order chi connectivity index (χ1) is 6.66. The molecule has 4 N–H and O–H groups in total. The van der Waals surface area contributed by atoms with E-state index in [0.29, 0.717) is 5.57 Å². The van der Waals surface area contributed by atoms with E-state index in [0.717, 1.165) is 0 Å². The fourth-order valence-electron chi connectivity index (χ4n) is 0.496. The highest BCUT2D eigenvalue weighted by Gasteiger charge is 2.31. The number of hydrogen-bond donors (Lipinski definition) is 4. The topological polar surface area (TPSA) is 134 Å². The van der Waals surface area contributed by atoms with Crippen LogP contribution in [0.4, 0.5) is 0 Å². The third-order valence-corrected chi connectivity index (χ3v) is 3.28. The lowest BCUT2D eigenvalue weighted by atomic mass is 10.4. The van der Waals surface area contributed by atoms with Gasteiger partial charge in [0.05, 0.1) is 13.2 Å². The van der Waals surface area contributed by atoms with Crippen molar-refractivity contribution in [2.75, 3.05) is 13.2 Å². The van der Waals surface area contributed by atoms with E-state index < -0.39 is 22.3 Å². The molecule has 1 atom stereocenters. The van der Waals surface area contributed by atoms with E-state index in [4.69, 9.17) is 19.8 Å². The molecule has 0 aromatic carbocycles. The van der Waals surface area contributed by atoms with Crippen LogP contribution in [0.15, 0.2) is 11.6 Å². The SMILES string of the molecule is C/C(=C\COP(=O)(O)OP(=O)(O)O)[13CH2]O. The predicted octanol–water partition coefficient (Wildman–Crippen LogP) is 0.151. The molecule has 0 spiro atoms. The maximum Gasteiger partial charge on any atom is 0.481 e. The van der Waals surface area contributed by atoms with E-state index in [1.54, 1.807) is 0 Å². The zero-order chi connectivity index (χ0) is 12.1. The molecule has 0 aromatic rings. The minimum Gasteiger partial charge on any atom is -0.392 e. The molecule has 0 aliphatic carbocycles. The molecule has 0 radical (unpaired) electrons. The average molecular weight is 263 g/mol. The molecular formula is C5H12O8P2. The highest BCUT2D eigenvalue weighted by Crippen LogP contribution is 2.57. The van der Waals surface area contributed by atoms with Gasteiger partial charge in [0.15, 0.2) is 0 Å². The molecule has 0 saturated heterocycles. The van der Waals surface area contributed by atoms with Crippen LogP contribution in [-0.4, -0.2) is 33.0 Å². The van der Waals surface area contributed by atoms with E-state index in [9.17, 15) is 9.13 Å². The highest BCUT2D eigenvalue weighted by molar-refractivity contribution is 7.60. The largest absolute Gasteiger partial charge is 0.481 e. The quantitative estimate of drug-likeness (QED) is 0.302. The van der Waals surface area contributed by atoms with Gasteiger partial charge in [0.1, 0.15) is 0 Å². The van der Waals surface area contributed by atoms with Gasteiger partial charge in [-0.05, 0) is 12.5 Å². The number of rotatable bonds is 6. The molecule has 1 unspecified atom stereocenters. The normalized spacial score (nSPS) is 17.5. The van der Waals surface area contributed by atoms with Crippen molar-refractivity contribution in [3.05, 3.63) is 11.6 Å². The van der Waals surface area contributed by atoms with Crippen LogP contribution in [0.3, 0.4) is 0 Å². The first-order valence-electron chi connectivity index (χ1n) is 3.67. The molecule has 0 bridgehead atoms. The lowest BCUT2D eigenvalue weighted by Gasteiger charge is -2.11. The number of aliphatic hydroxyl groups is 1. The Morgan fingerprint density at radius 3 is 2.27 bits per heavy atom. The molecule has 8 nitrogen and oxygen atoms in total. The van der Waals surface area contributed by atoms with Crippen LogP contribution in [0.25, 0.3) is 0 Å². The Morgan fingerprint density at radius 1 is 1.33 bits per heavy atom. The van der Waals surface area contributed by atoms with Crippen LogP contribution in [0, 0.1) is 0 Å². The highest BCUT2D eigenvalue weighted by atomic mass is 31.3. The van der Waals surface area contributed by atoms with Gasteiger partial charge in [-0.25, -0.2) is 9.13 Å². The minimum absolute atomic E-state index is 0.252. The molecule has 90 valence electrons. The van der Waals surface area contributed by atoms with Crippen LogP contribution >= 0.6 is 15.6 Å². The maximum atomic E-state index is 10.8. The second kappa shape index (κ2) is 5.89. The molecule has 0 amide bonds. The lowest BCUT2D eigenvalue weighted by molar-refractivity contribution is 0.190. The molecule has 0 rings (SSSR count). The summed E-state index contributed by atoms with van der Waals surface area (Å²) in [6, 6.07) is 0. The summed E-state index contributed by atoms with van der Waals surface area (Å²) >= 11 is 0. The Labute approximate surface area is 86.0 Å². The second-order valence-corrected chi connectivity index (χ2v) is 5.37. The Kier molecular flexibility index (Phi) is 5.87. The summed E-state index contributed by atoms with van der Waals surface area (Å²) in [6.07, 6.45) is 1.27. The summed E-state index contributed by atoms with van der Waals surface area (Å²) in [5.74, 6) is 0. The van der Waals surface area contributed by atoms with Gasteiger partial charge < -0.3 is 19.8 Å². The number of phosphoric ester groups is 1. The van der Waals surface area contributed by atoms with Gasteiger partial charge in [-0.2, -0.15) is 4.31 Å². The third-order valence-electron chi connectivity index (χ3n) is 1.13. The lowest BCUT2D eigenvalue weighted by Crippen LogP contribution is -1.95. The number of phosphoric acid groups is 2. The van der Waals surface area contributed by atoms with Gasteiger partial charge in [-0.1, -0.05) is 6.08 Å². The van der Waals surface area contributed by atoms with E-state index in [2.05, 4.69) is 8.83 Å². The third kappa shape index (κ3) is 8.92. The first kappa shape index (κ1) is 15.0. The van der Waals surface area contributed by atoms with Gasteiger partial charge in [-0.15, -0.1) is 0 Å². The summed E-state index contributed by atoms with van der Waals surface area (Å²) in [6.45, 7) is 0.883. The molecule has 0 aliphatic heterocycles. The monoisotopic (exact) mass is 263 g/mol. The van der Waals surface area contributed by atoms with Gasteiger partial charge in [-0.3, -0.25) is 4.52 Å². The van der Waals surface area contributed by atoms with Crippen molar-refractivity contribution in [2.45, 2.75) is 6.92 Å². The van der Waals surface area contributed by atoms with Crippen LogP contribution in [0.1, 0.15) is 6.92 Å². The molecule has 0 fully saturated rings. The Morgan fingerprint density at radius 2 is 1.87 bits per heavy atom. The van der Waals surface area contributed by atoms with E-state index in [1.807, 2.05) is 0 Å². The predicted molar refractivity (Wildman–Crippen MR) is 49.7 cm³/mol. The zero-order valence-electron chi connectivity index (χ0n) is 7.81. The molecule has 0 aromatic heterocycles. The fourth-order valence-corrected chi connectivity index (χ4v) is 2.02. The van der Waals surface area contributed by atoms with Crippen molar-refractivity contribution >= 4 is 15.6 Å². The Bertz CT molecular complexity index is 317. The van der Waals surface area contributed by atoms with Crippen molar-refractivity contribution in [1.82, 2.24) is 0 Å². The zero-order valence-corrected chi connectivity index (χ0v) is 9.60. The van der Waals surface area contributed by atoms with Gasteiger partial charge in [0.25, 0.3) is 0 Å². The van der Waals surface area contributed by atoms with Crippen molar-refractivity contribution in [2.24, 2.45) is 0 Å². The molecule has 0 aliphatic rings. The molecule has 0 saturated carbocycles. The standard InChI is InChI=1S/C5H12O8P2/c1-5(4-6)2-3-12-15(10,11)13-14(7,8)9/h2,6H,3-4H2,1H3,(H,10,11)(H2,7,8,9)/b5-2+/i4+1. The minimum atomic E-state index is -5.07. The van der Waals surface area contributed by atoms with Gasteiger partial charge in [0, 0.05) is 0 Å². The van der Waals surface area contributed by atoms with Gasteiger partial charge in [0.2, 0.25) is 0 Å². The second-order valence-electron chi connectivity index (χ2n) is 2.55. The summed E-state index contributed by atoms with van der Waals surface area (Å²) in [4.78, 5) is 25.2. The summed E-state index contributed by atoms with van der Waals surface area (Å²) in [5.41, 5.74) is 0.478. The van der Waals surface area contributed by atoms with Crippen molar-refractivity contribution in [3.63, 3.8) is 0 Å². The van der Waals surface area contributed by atoms with Crippen molar-refractivity contribution in [3.8, 4) is 0 Å². The van der Waals surface area contributed by atoms with Crippen molar-refractivity contribution < 1.29 is 37.8 Å². The summed E-state index contributed by atoms with van der Waals surface area (Å²) in [5, 5.41) is 8.54. The Hall–Kier alpha value is -0.0400. The molecule has 15 heavy (non-hydrogen) atoms. The number of hydrogen-bond acceptors (Lipinski definition) is 5. The van der Waals surface area contributed by atoms with E-state index in [-0.39, 0.29) is 6.61 Å². The Balaban J connectivity index is 4.18. The van der Waals surface area contributed by atoms with Crippen LogP contribution in [0.5, 0.6) is 0 Å². The van der Waals surface area contributed by atoms with Crippen LogP contribution in [0.2, 0.25) is 0 Å². The molecular weight excluding hydrogens is 251 g/mol. The molecule has 0 heterocycles. The van der Waals surface area contributed by atoms with Crippen molar-refractivity contribution in [1.29, 1.82) is 0 Å². The summed E-state index contributed by atoms with van der Waals surface area (Å²) in [7, 11) is -9.84. The van der Waals surface area contributed by atoms with Crippen LogP contribution < -0.4 is 0 Å². The maximum absolute atomic E-state index is 10.8. The van der Waals surface area contributed by atoms with E-state index >= 15 is 0 Å². The smallest absolute Gasteiger partial charge is 0.392 e. The summed E-state index contributed by atoms with van der Waals surface area (Å²) < 4.78 is 28.7. The first-order valence-corrected chi connectivity index (χ1v) is 6.69. The number of aliphatic hydroxyl groups excluding tert-OH is 1. The fraction of sp³-hybridized carbons (Fsp3) is 0.600. The van der Waals surface area contributed by atoms with E-state index in [1.165, 1.54) is 13.0 Å². The van der Waals surface area contributed by atoms with Crippen LogP contribution in [-0.2, 0) is 18.0 Å². The average Bonchev–Trinajstić information content (AvgIpc) is 1.98. The van der Waals surface area contributed by atoms with Gasteiger partial charge >= 0.3 is 15.6 Å². The molecule has 10 heteroatoms.